The minimum atomic E-state index is -0.263. The van der Waals surface area contributed by atoms with Gasteiger partial charge in [0.1, 0.15) is 0 Å². The fraction of sp³-hybridized carbons (Fsp3) is 0.312. The zero-order valence-electron chi connectivity index (χ0n) is 12.6. The van der Waals surface area contributed by atoms with Crippen LogP contribution in [0.5, 0.6) is 0 Å². The molecule has 21 heavy (non-hydrogen) atoms. The molecular weight excluding hydrogens is 266 g/mol. The van der Waals surface area contributed by atoms with Crippen LogP contribution in [0.25, 0.3) is 0 Å². The number of amides is 1. The van der Waals surface area contributed by atoms with E-state index < -0.39 is 0 Å². The molecule has 0 saturated carbocycles. The highest BCUT2D eigenvalue weighted by atomic mass is 16.3. The smallest absolute Gasteiger partial charge is 0.241 e. The second-order valence-electron chi connectivity index (χ2n) is 5.29. The van der Waals surface area contributed by atoms with Crippen molar-refractivity contribution < 1.29 is 9.21 Å². The first-order chi connectivity index (χ1) is 9.97. The summed E-state index contributed by atoms with van der Waals surface area (Å²) in [5, 5.41) is 2.93. The number of nitrogens with zero attached hydrogens (tertiary/aromatic N) is 1. The van der Waals surface area contributed by atoms with Crippen LogP contribution < -0.4 is 11.1 Å². The summed E-state index contributed by atoms with van der Waals surface area (Å²) in [5.41, 5.74) is 9.17. The van der Waals surface area contributed by atoms with Crippen LogP contribution in [0.2, 0.25) is 0 Å². The number of nitrogens with two attached hydrogens (primary N) is 1. The summed E-state index contributed by atoms with van der Waals surface area (Å²) in [6.07, 6.45) is 3.31. The van der Waals surface area contributed by atoms with Crippen molar-refractivity contribution in [1.29, 1.82) is 0 Å². The minimum Gasteiger partial charge on any atom is -0.472 e. The fourth-order valence-electron chi connectivity index (χ4n) is 2.02. The van der Waals surface area contributed by atoms with Gasteiger partial charge in [0.05, 0.1) is 18.6 Å². The Bertz CT molecular complexity index is 608. The predicted molar refractivity (Wildman–Crippen MR) is 83.9 cm³/mol. The molecule has 0 radical (unpaired) electrons. The standard InChI is InChI=1S/C16H21N3O2/c1-11-4-5-14(17)8-15(11)18-16(20)12(2)19(3)9-13-6-7-21-10-13/h4-8,10,12H,9,17H2,1-3H3,(H,18,20). The van der Waals surface area contributed by atoms with Crippen LogP contribution in [-0.4, -0.2) is 23.9 Å². The van der Waals surface area contributed by atoms with Crippen molar-refractivity contribution in [3.05, 3.63) is 47.9 Å². The molecule has 112 valence electrons. The van der Waals surface area contributed by atoms with E-state index in [-0.39, 0.29) is 11.9 Å². The number of benzene rings is 1. The molecule has 5 nitrogen and oxygen atoms in total. The highest BCUT2D eigenvalue weighted by Crippen LogP contribution is 2.19. The summed E-state index contributed by atoms with van der Waals surface area (Å²) < 4.78 is 5.04. The van der Waals surface area contributed by atoms with Crippen LogP contribution >= 0.6 is 0 Å². The molecule has 0 aliphatic heterocycles. The number of aryl methyl sites for hydroxylation is 1. The average Bonchev–Trinajstić information content (AvgIpc) is 2.94. The van der Waals surface area contributed by atoms with E-state index in [0.29, 0.717) is 12.2 Å². The van der Waals surface area contributed by atoms with E-state index in [4.69, 9.17) is 10.2 Å². The third kappa shape index (κ3) is 3.86. The Labute approximate surface area is 124 Å². The van der Waals surface area contributed by atoms with Crippen LogP contribution in [-0.2, 0) is 11.3 Å². The number of carbonyl (C=O) groups excluding carboxylic acids is 1. The largest absolute Gasteiger partial charge is 0.472 e. The van der Waals surface area contributed by atoms with E-state index in [9.17, 15) is 4.79 Å². The SMILES string of the molecule is Cc1ccc(N)cc1NC(=O)C(C)N(C)Cc1ccoc1. The summed E-state index contributed by atoms with van der Waals surface area (Å²) in [6.45, 7) is 4.47. The molecule has 0 fully saturated rings. The number of anilines is 2. The average molecular weight is 287 g/mol. The highest BCUT2D eigenvalue weighted by Gasteiger charge is 2.19. The lowest BCUT2D eigenvalue weighted by Gasteiger charge is -2.23. The molecule has 1 heterocycles. The van der Waals surface area contributed by atoms with Gasteiger partial charge < -0.3 is 15.5 Å². The van der Waals surface area contributed by atoms with E-state index in [1.807, 2.05) is 44.0 Å². The number of likely N-dealkylation sites (N-methyl/N-ethyl adjacent to an activating group) is 1. The minimum absolute atomic E-state index is 0.0605. The van der Waals surface area contributed by atoms with E-state index in [1.165, 1.54) is 0 Å². The van der Waals surface area contributed by atoms with Gasteiger partial charge in [0.25, 0.3) is 0 Å². The quantitative estimate of drug-likeness (QED) is 0.829. The molecule has 2 rings (SSSR count). The maximum absolute atomic E-state index is 12.3. The van der Waals surface area contributed by atoms with Crippen molar-refractivity contribution in [2.75, 3.05) is 18.1 Å². The second-order valence-corrected chi connectivity index (χ2v) is 5.29. The van der Waals surface area contributed by atoms with Gasteiger partial charge in [0.2, 0.25) is 5.91 Å². The first-order valence-electron chi connectivity index (χ1n) is 6.85. The Morgan fingerprint density at radius 3 is 2.86 bits per heavy atom. The molecule has 2 aromatic rings. The summed E-state index contributed by atoms with van der Waals surface area (Å²) in [6, 6.07) is 7.12. The molecule has 0 aliphatic carbocycles. The van der Waals surface area contributed by atoms with Crippen molar-refractivity contribution in [2.45, 2.75) is 26.4 Å². The van der Waals surface area contributed by atoms with Crippen molar-refractivity contribution >= 4 is 17.3 Å². The van der Waals surface area contributed by atoms with Crippen LogP contribution in [0.3, 0.4) is 0 Å². The van der Waals surface area contributed by atoms with Crippen LogP contribution in [0.4, 0.5) is 11.4 Å². The summed E-state index contributed by atoms with van der Waals surface area (Å²) >= 11 is 0. The predicted octanol–water partition coefficient (Wildman–Crippen LogP) is 2.63. The van der Waals surface area contributed by atoms with E-state index >= 15 is 0 Å². The zero-order valence-corrected chi connectivity index (χ0v) is 12.6. The Balaban J connectivity index is 2.00. The third-order valence-electron chi connectivity index (χ3n) is 3.57. The van der Waals surface area contributed by atoms with Crippen molar-refractivity contribution in [3.63, 3.8) is 0 Å². The topological polar surface area (TPSA) is 71.5 Å². The van der Waals surface area contributed by atoms with Gasteiger partial charge in [-0.05, 0) is 44.7 Å². The van der Waals surface area contributed by atoms with Gasteiger partial charge in [0, 0.05) is 23.5 Å². The van der Waals surface area contributed by atoms with Crippen LogP contribution in [0, 0.1) is 6.92 Å². The summed E-state index contributed by atoms with van der Waals surface area (Å²) in [5.74, 6) is -0.0605. The molecule has 0 aliphatic rings. The van der Waals surface area contributed by atoms with Gasteiger partial charge in [-0.25, -0.2) is 0 Å². The Kier molecular flexibility index (Phi) is 4.65. The van der Waals surface area contributed by atoms with Gasteiger partial charge in [-0.15, -0.1) is 0 Å². The molecular formula is C16H21N3O2. The zero-order chi connectivity index (χ0) is 15.4. The van der Waals surface area contributed by atoms with Gasteiger partial charge in [0.15, 0.2) is 0 Å². The van der Waals surface area contributed by atoms with Crippen LogP contribution in [0.1, 0.15) is 18.1 Å². The third-order valence-corrected chi connectivity index (χ3v) is 3.57. The Hall–Kier alpha value is -2.27. The van der Waals surface area contributed by atoms with E-state index in [2.05, 4.69) is 5.32 Å². The fourth-order valence-corrected chi connectivity index (χ4v) is 2.02. The van der Waals surface area contributed by atoms with Crippen molar-refractivity contribution in [1.82, 2.24) is 4.90 Å². The lowest BCUT2D eigenvalue weighted by Crippen LogP contribution is -2.39. The summed E-state index contributed by atoms with van der Waals surface area (Å²) in [7, 11) is 1.91. The number of hydrogen-bond donors (Lipinski definition) is 2. The molecule has 1 atom stereocenters. The molecule has 1 aromatic heterocycles. The molecule has 1 aromatic carbocycles. The van der Waals surface area contributed by atoms with Crippen molar-refractivity contribution in [3.8, 4) is 0 Å². The Morgan fingerprint density at radius 1 is 1.43 bits per heavy atom. The number of rotatable bonds is 5. The normalized spacial score (nSPS) is 12.4. The molecule has 0 saturated heterocycles. The van der Waals surface area contributed by atoms with Crippen molar-refractivity contribution in [2.24, 2.45) is 0 Å². The molecule has 0 spiro atoms. The number of carbonyl (C=O) groups is 1. The molecule has 0 bridgehead atoms. The first-order valence-corrected chi connectivity index (χ1v) is 6.85. The molecule has 5 heteroatoms. The van der Waals surface area contributed by atoms with Gasteiger partial charge in [-0.1, -0.05) is 6.07 Å². The number of nitrogens with one attached hydrogen (secondary N) is 1. The van der Waals surface area contributed by atoms with Crippen LogP contribution in [0.15, 0.2) is 41.2 Å². The van der Waals surface area contributed by atoms with E-state index in [1.54, 1.807) is 18.6 Å². The number of hydrogen-bond acceptors (Lipinski definition) is 4. The number of furan rings is 1. The Morgan fingerprint density at radius 2 is 2.19 bits per heavy atom. The van der Waals surface area contributed by atoms with Gasteiger partial charge in [-0.2, -0.15) is 0 Å². The second kappa shape index (κ2) is 6.45. The highest BCUT2D eigenvalue weighted by molar-refractivity contribution is 5.95. The molecule has 3 N–H and O–H groups in total. The van der Waals surface area contributed by atoms with E-state index in [0.717, 1.165) is 16.8 Å². The monoisotopic (exact) mass is 287 g/mol. The molecule has 1 amide bonds. The lowest BCUT2D eigenvalue weighted by molar-refractivity contribution is -0.120. The lowest BCUT2D eigenvalue weighted by atomic mass is 10.1. The maximum atomic E-state index is 12.3. The number of nitrogen functional groups attached to an aromatic ring is 1. The van der Waals surface area contributed by atoms with Gasteiger partial charge >= 0.3 is 0 Å². The molecule has 1 unspecified atom stereocenters. The maximum Gasteiger partial charge on any atom is 0.241 e. The first kappa shape index (κ1) is 15.1. The van der Waals surface area contributed by atoms with Gasteiger partial charge in [-0.3, -0.25) is 9.69 Å². The summed E-state index contributed by atoms with van der Waals surface area (Å²) in [4.78, 5) is 14.3.